The minimum Gasteiger partial charge on any atom is -0.312 e. The summed E-state index contributed by atoms with van der Waals surface area (Å²) < 4.78 is 4.39. The maximum absolute atomic E-state index is 4.87. The minimum absolute atomic E-state index is 0. The number of hydrogen-bond acceptors (Lipinski definition) is 5. The van der Waals surface area contributed by atoms with Crippen LogP contribution in [0.3, 0.4) is 0 Å². The second-order valence-corrected chi connectivity index (χ2v) is 8.90. The molecule has 2 aromatic rings. The number of aryl methyl sites for hydroxylation is 1. The van der Waals surface area contributed by atoms with Crippen molar-refractivity contribution in [2.45, 2.75) is 76.4 Å². The third-order valence-corrected chi connectivity index (χ3v) is 6.93. The Bertz CT molecular complexity index is 800. The highest BCUT2D eigenvalue weighted by molar-refractivity contribution is 5.85. The van der Waals surface area contributed by atoms with E-state index in [1.54, 1.807) is 0 Å². The molecule has 0 spiro atoms. The molecule has 0 atom stereocenters. The Balaban J connectivity index is 0.00000205. The van der Waals surface area contributed by atoms with E-state index in [4.69, 9.17) is 5.10 Å². The van der Waals surface area contributed by atoms with Crippen LogP contribution in [0.1, 0.15) is 79.7 Å². The van der Waals surface area contributed by atoms with Crippen LogP contribution in [-0.2, 0) is 26.7 Å². The van der Waals surface area contributed by atoms with E-state index in [-0.39, 0.29) is 12.4 Å². The summed E-state index contributed by atoms with van der Waals surface area (Å²) in [7, 11) is 2.07. The van der Waals surface area contributed by atoms with Crippen molar-refractivity contribution in [3.63, 3.8) is 0 Å². The fourth-order valence-corrected chi connectivity index (χ4v) is 5.40. The molecule has 0 aromatic carbocycles. The predicted octanol–water partition coefficient (Wildman–Crippen LogP) is 2.96. The van der Waals surface area contributed by atoms with E-state index in [0.717, 1.165) is 45.1 Å². The zero-order chi connectivity index (χ0) is 18.9. The highest BCUT2D eigenvalue weighted by Crippen LogP contribution is 2.35. The summed E-state index contributed by atoms with van der Waals surface area (Å²) in [4.78, 5) is 2.62. The standard InChI is InChI=1S/C21H33N7.ClH/c1-26-14-18(20(25-26)16-5-3-2-4-6-16)15-27-10-7-17(8-11-27)21-24-23-19-13-22-9-12-28(19)21;/h14,16-17,22H,2-13,15H2,1H3;1H. The highest BCUT2D eigenvalue weighted by atomic mass is 35.5. The zero-order valence-corrected chi connectivity index (χ0v) is 18.3. The van der Waals surface area contributed by atoms with Crippen LogP contribution in [0.5, 0.6) is 0 Å². The highest BCUT2D eigenvalue weighted by Gasteiger charge is 2.28. The van der Waals surface area contributed by atoms with Crippen molar-refractivity contribution in [2.75, 3.05) is 19.6 Å². The first-order chi connectivity index (χ1) is 13.8. The molecule has 29 heavy (non-hydrogen) atoms. The van der Waals surface area contributed by atoms with Crippen LogP contribution in [0, 0.1) is 0 Å². The molecule has 5 rings (SSSR count). The Morgan fingerprint density at radius 3 is 2.59 bits per heavy atom. The van der Waals surface area contributed by atoms with Crippen molar-refractivity contribution in [3.8, 4) is 0 Å². The summed E-state index contributed by atoms with van der Waals surface area (Å²) >= 11 is 0. The average molecular weight is 420 g/mol. The Hall–Kier alpha value is -1.44. The Labute approximate surface area is 179 Å². The van der Waals surface area contributed by atoms with Gasteiger partial charge in [0.1, 0.15) is 11.6 Å². The molecule has 0 amide bonds. The van der Waals surface area contributed by atoms with Crippen molar-refractivity contribution < 1.29 is 0 Å². The number of halogens is 1. The number of fused-ring (bicyclic) bond motifs is 1. The number of piperidine rings is 1. The summed E-state index contributed by atoms with van der Waals surface area (Å²) in [5.41, 5.74) is 2.84. The summed E-state index contributed by atoms with van der Waals surface area (Å²) in [5.74, 6) is 3.57. The van der Waals surface area contributed by atoms with Gasteiger partial charge in [-0.15, -0.1) is 22.6 Å². The number of aromatic nitrogens is 5. The van der Waals surface area contributed by atoms with E-state index in [1.807, 2.05) is 4.68 Å². The number of hydrogen-bond donors (Lipinski definition) is 1. The minimum atomic E-state index is 0. The number of nitrogens with zero attached hydrogens (tertiary/aromatic N) is 6. The second kappa shape index (κ2) is 9.14. The maximum Gasteiger partial charge on any atom is 0.147 e. The Morgan fingerprint density at radius 2 is 1.79 bits per heavy atom. The lowest BCUT2D eigenvalue weighted by Crippen LogP contribution is -2.35. The molecule has 0 radical (unpaired) electrons. The molecule has 4 heterocycles. The normalized spacial score (nSPS) is 21.7. The molecule has 7 nitrogen and oxygen atoms in total. The van der Waals surface area contributed by atoms with Gasteiger partial charge in [0.2, 0.25) is 0 Å². The molecule has 8 heteroatoms. The van der Waals surface area contributed by atoms with Gasteiger partial charge in [-0.1, -0.05) is 19.3 Å². The fourth-order valence-electron chi connectivity index (χ4n) is 5.40. The molecule has 0 unspecified atom stereocenters. The van der Waals surface area contributed by atoms with Crippen molar-refractivity contribution >= 4 is 12.4 Å². The molecule has 1 N–H and O–H groups in total. The van der Waals surface area contributed by atoms with Gasteiger partial charge in [0.05, 0.1) is 12.2 Å². The van der Waals surface area contributed by atoms with Crippen LogP contribution >= 0.6 is 12.4 Å². The van der Waals surface area contributed by atoms with Gasteiger partial charge < -0.3 is 9.88 Å². The predicted molar refractivity (Wildman–Crippen MR) is 115 cm³/mol. The van der Waals surface area contributed by atoms with E-state index in [9.17, 15) is 0 Å². The van der Waals surface area contributed by atoms with Crippen molar-refractivity contribution in [1.82, 2.24) is 34.8 Å². The summed E-state index contributed by atoms with van der Waals surface area (Å²) in [5, 5.41) is 17.2. The van der Waals surface area contributed by atoms with E-state index >= 15 is 0 Å². The van der Waals surface area contributed by atoms with Crippen LogP contribution in [0.4, 0.5) is 0 Å². The zero-order valence-electron chi connectivity index (χ0n) is 17.5. The van der Waals surface area contributed by atoms with Crippen LogP contribution in [0.15, 0.2) is 6.20 Å². The van der Waals surface area contributed by atoms with Crippen molar-refractivity contribution in [3.05, 3.63) is 29.1 Å². The maximum atomic E-state index is 4.87. The topological polar surface area (TPSA) is 63.8 Å². The van der Waals surface area contributed by atoms with Gasteiger partial charge >= 0.3 is 0 Å². The first kappa shape index (κ1) is 20.8. The molecule has 1 saturated carbocycles. The SMILES string of the molecule is Cl.Cn1cc(CN2CCC(c3nnc4n3CCNC4)CC2)c(C2CCCCC2)n1. The quantitative estimate of drug-likeness (QED) is 0.825. The van der Waals surface area contributed by atoms with Crippen LogP contribution in [0.2, 0.25) is 0 Å². The Kier molecular flexibility index (Phi) is 6.56. The van der Waals surface area contributed by atoms with Crippen molar-refractivity contribution in [1.29, 1.82) is 0 Å². The first-order valence-corrected chi connectivity index (χ1v) is 11.2. The second-order valence-electron chi connectivity index (χ2n) is 8.90. The molecule has 1 saturated heterocycles. The largest absolute Gasteiger partial charge is 0.312 e. The van der Waals surface area contributed by atoms with Crippen LogP contribution in [-0.4, -0.2) is 49.1 Å². The van der Waals surface area contributed by atoms with E-state index in [1.165, 1.54) is 62.0 Å². The lowest BCUT2D eigenvalue weighted by molar-refractivity contribution is 0.198. The summed E-state index contributed by atoms with van der Waals surface area (Å²) in [6.07, 6.45) is 11.4. The Morgan fingerprint density at radius 1 is 1.00 bits per heavy atom. The third kappa shape index (κ3) is 4.37. The number of likely N-dealkylation sites (tertiary alicyclic amines) is 1. The summed E-state index contributed by atoms with van der Waals surface area (Å²) in [6.45, 7) is 6.24. The monoisotopic (exact) mass is 419 g/mol. The molecule has 2 aromatic heterocycles. The molecule has 0 bridgehead atoms. The van der Waals surface area contributed by atoms with Crippen LogP contribution in [0.25, 0.3) is 0 Å². The fraction of sp³-hybridized carbons (Fsp3) is 0.762. The van der Waals surface area contributed by atoms with E-state index in [2.05, 4.69) is 38.2 Å². The molecule has 1 aliphatic carbocycles. The number of rotatable bonds is 4. The molecule has 3 aliphatic rings. The van der Waals surface area contributed by atoms with Crippen LogP contribution < -0.4 is 5.32 Å². The van der Waals surface area contributed by atoms with Gasteiger partial charge in [-0.3, -0.25) is 9.58 Å². The smallest absolute Gasteiger partial charge is 0.147 e. The lowest BCUT2D eigenvalue weighted by Gasteiger charge is -2.32. The van der Waals surface area contributed by atoms with Gasteiger partial charge in [-0.2, -0.15) is 5.10 Å². The van der Waals surface area contributed by atoms with Gasteiger partial charge in [-0.05, 0) is 38.8 Å². The van der Waals surface area contributed by atoms with Gasteiger partial charge in [0.15, 0.2) is 0 Å². The van der Waals surface area contributed by atoms with Gasteiger partial charge in [0, 0.05) is 50.3 Å². The van der Waals surface area contributed by atoms with Crippen molar-refractivity contribution in [2.24, 2.45) is 7.05 Å². The summed E-state index contributed by atoms with van der Waals surface area (Å²) in [6, 6.07) is 0. The molecular formula is C21H34ClN7. The average Bonchev–Trinajstić information content (AvgIpc) is 3.33. The molecular weight excluding hydrogens is 386 g/mol. The first-order valence-electron chi connectivity index (χ1n) is 11.2. The van der Waals surface area contributed by atoms with E-state index < -0.39 is 0 Å². The third-order valence-electron chi connectivity index (χ3n) is 6.93. The van der Waals surface area contributed by atoms with E-state index in [0.29, 0.717) is 11.8 Å². The van der Waals surface area contributed by atoms with Gasteiger partial charge in [0.25, 0.3) is 0 Å². The molecule has 160 valence electrons. The molecule has 2 fully saturated rings. The number of nitrogens with one attached hydrogen (secondary N) is 1. The lowest BCUT2D eigenvalue weighted by atomic mass is 9.85. The molecule has 2 aliphatic heterocycles. The van der Waals surface area contributed by atoms with Gasteiger partial charge in [-0.25, -0.2) is 0 Å².